The van der Waals surface area contributed by atoms with Gasteiger partial charge in [-0.2, -0.15) is 0 Å². The molecule has 8 nitrogen and oxygen atoms in total. The minimum absolute atomic E-state index is 0.0694. The molecule has 3 amide bonds. The summed E-state index contributed by atoms with van der Waals surface area (Å²) in [5.74, 6) is -0.925. The number of hydrogen-bond acceptors (Lipinski definition) is 5. The van der Waals surface area contributed by atoms with Crippen LogP contribution in [0.5, 0.6) is 0 Å². The summed E-state index contributed by atoms with van der Waals surface area (Å²) in [6, 6.07) is 6.09. The number of rotatable bonds is 9. The number of benzene rings is 1. The summed E-state index contributed by atoms with van der Waals surface area (Å²) in [5, 5.41) is 7.97. The van der Waals surface area contributed by atoms with Crippen molar-refractivity contribution in [1.82, 2.24) is 25.9 Å². The zero-order chi connectivity index (χ0) is 21.2. The van der Waals surface area contributed by atoms with Gasteiger partial charge in [0.05, 0.1) is 6.20 Å². The van der Waals surface area contributed by atoms with E-state index >= 15 is 0 Å². The largest absolute Gasteiger partial charge is 0.349 e. The maximum absolute atomic E-state index is 12.5. The molecule has 0 saturated carbocycles. The van der Waals surface area contributed by atoms with Gasteiger partial charge in [0.1, 0.15) is 11.7 Å². The Hall–Kier alpha value is -3.29. The van der Waals surface area contributed by atoms with Gasteiger partial charge in [0.2, 0.25) is 5.91 Å². The normalized spacial score (nSPS) is 11.6. The first-order valence-electron chi connectivity index (χ1n) is 9.40. The minimum Gasteiger partial charge on any atom is -0.349 e. The van der Waals surface area contributed by atoms with Gasteiger partial charge >= 0.3 is 0 Å². The average Bonchev–Trinajstić information content (AvgIpc) is 2.71. The molecule has 1 heterocycles. The molecule has 2 rings (SSSR count). The maximum Gasteiger partial charge on any atom is 0.272 e. The quantitative estimate of drug-likeness (QED) is 0.596. The second-order valence-corrected chi connectivity index (χ2v) is 7.04. The summed E-state index contributed by atoms with van der Waals surface area (Å²) in [7, 11) is 0. The molecule has 8 heteroatoms. The molecule has 153 valence electrons. The van der Waals surface area contributed by atoms with Crippen molar-refractivity contribution in [3.05, 3.63) is 66.2 Å². The van der Waals surface area contributed by atoms with E-state index in [0.29, 0.717) is 17.9 Å². The van der Waals surface area contributed by atoms with Crippen molar-refractivity contribution in [2.75, 3.05) is 6.54 Å². The number of nitrogens with zero attached hydrogens (tertiary/aromatic N) is 2. The van der Waals surface area contributed by atoms with Gasteiger partial charge < -0.3 is 16.0 Å². The Bertz CT molecular complexity index is 822. The summed E-state index contributed by atoms with van der Waals surface area (Å²) in [6.07, 6.45) is 4.83. The van der Waals surface area contributed by atoms with Crippen molar-refractivity contribution in [3.63, 3.8) is 0 Å². The molecular weight excluding hydrogens is 370 g/mol. The molecule has 0 saturated heterocycles. The summed E-state index contributed by atoms with van der Waals surface area (Å²) >= 11 is 0. The molecule has 0 unspecified atom stereocenters. The van der Waals surface area contributed by atoms with Crippen LogP contribution in [0, 0.1) is 19.4 Å². The lowest BCUT2D eigenvalue weighted by Gasteiger charge is -2.19. The molecule has 0 fully saturated rings. The highest BCUT2D eigenvalue weighted by Crippen LogP contribution is 2.03. The van der Waals surface area contributed by atoms with E-state index in [1.807, 2.05) is 32.9 Å². The summed E-state index contributed by atoms with van der Waals surface area (Å²) in [6.45, 7) is 7.56. The van der Waals surface area contributed by atoms with E-state index in [9.17, 15) is 14.4 Å². The first-order valence-corrected chi connectivity index (χ1v) is 9.40. The molecule has 2 aromatic rings. The van der Waals surface area contributed by atoms with Crippen LogP contribution in [0.25, 0.3) is 0 Å². The highest BCUT2D eigenvalue weighted by molar-refractivity contribution is 5.97. The van der Waals surface area contributed by atoms with Gasteiger partial charge in [-0.25, -0.2) is 4.98 Å². The van der Waals surface area contributed by atoms with Gasteiger partial charge in [-0.1, -0.05) is 31.5 Å². The smallest absolute Gasteiger partial charge is 0.272 e. The van der Waals surface area contributed by atoms with Crippen molar-refractivity contribution in [2.45, 2.75) is 33.2 Å². The minimum atomic E-state index is -0.970. The first kappa shape index (κ1) is 22.0. The van der Waals surface area contributed by atoms with Crippen LogP contribution in [0.1, 0.15) is 46.7 Å². The fraction of sp³-hybridized carbons (Fsp3) is 0.333. The van der Waals surface area contributed by atoms with Gasteiger partial charge in [-0.05, 0) is 31.4 Å². The van der Waals surface area contributed by atoms with Crippen LogP contribution < -0.4 is 16.0 Å². The Kier molecular flexibility index (Phi) is 8.27. The molecule has 29 heavy (non-hydrogen) atoms. The third-order valence-corrected chi connectivity index (χ3v) is 4.03. The predicted octanol–water partition coefficient (Wildman–Crippen LogP) is 1.64. The van der Waals surface area contributed by atoms with Gasteiger partial charge in [0.15, 0.2) is 0 Å². The van der Waals surface area contributed by atoms with Gasteiger partial charge in [0, 0.05) is 31.0 Å². The highest BCUT2D eigenvalue weighted by Gasteiger charge is 2.23. The Morgan fingerprint density at radius 1 is 1.07 bits per heavy atom. The molecule has 3 N–H and O–H groups in total. The van der Waals surface area contributed by atoms with E-state index in [4.69, 9.17) is 0 Å². The van der Waals surface area contributed by atoms with Crippen LogP contribution >= 0.6 is 0 Å². The Labute approximate surface area is 170 Å². The Morgan fingerprint density at radius 2 is 1.79 bits per heavy atom. The van der Waals surface area contributed by atoms with Crippen LogP contribution in [-0.4, -0.2) is 40.3 Å². The molecule has 0 spiro atoms. The fourth-order valence-corrected chi connectivity index (χ4v) is 2.36. The lowest BCUT2D eigenvalue weighted by Crippen LogP contribution is -2.52. The predicted molar refractivity (Wildman–Crippen MR) is 109 cm³/mol. The van der Waals surface area contributed by atoms with Crippen molar-refractivity contribution >= 4 is 17.7 Å². The van der Waals surface area contributed by atoms with Gasteiger partial charge in [0.25, 0.3) is 11.8 Å². The van der Waals surface area contributed by atoms with E-state index in [1.165, 1.54) is 18.6 Å². The molecule has 1 aromatic heterocycles. The molecule has 0 aliphatic rings. The zero-order valence-corrected chi connectivity index (χ0v) is 16.8. The molecular formula is C21H26N5O3. The second kappa shape index (κ2) is 10.9. The van der Waals surface area contributed by atoms with Crippen LogP contribution in [0.4, 0.5) is 0 Å². The third-order valence-electron chi connectivity index (χ3n) is 4.03. The van der Waals surface area contributed by atoms with E-state index in [-0.39, 0.29) is 18.1 Å². The Morgan fingerprint density at radius 3 is 2.41 bits per heavy atom. The number of amides is 3. The van der Waals surface area contributed by atoms with E-state index in [2.05, 4.69) is 25.9 Å². The molecule has 1 radical (unpaired) electrons. The molecule has 0 aliphatic heterocycles. The van der Waals surface area contributed by atoms with Crippen LogP contribution in [-0.2, 0) is 4.79 Å². The molecule has 1 aromatic carbocycles. The summed E-state index contributed by atoms with van der Waals surface area (Å²) in [5.41, 5.74) is 1.60. The number of hydrogen-bond donors (Lipinski definition) is 3. The monoisotopic (exact) mass is 396 g/mol. The summed E-state index contributed by atoms with van der Waals surface area (Å²) < 4.78 is 0. The second-order valence-electron chi connectivity index (χ2n) is 7.04. The number of nitrogens with one attached hydrogen (secondary N) is 3. The highest BCUT2D eigenvalue weighted by atomic mass is 16.2. The fourth-order valence-electron chi connectivity index (χ4n) is 2.36. The Balaban J connectivity index is 2.02. The van der Waals surface area contributed by atoms with Crippen LogP contribution in [0.15, 0.2) is 42.9 Å². The van der Waals surface area contributed by atoms with Crippen LogP contribution in [0.2, 0.25) is 0 Å². The van der Waals surface area contributed by atoms with Crippen molar-refractivity contribution in [2.24, 2.45) is 5.92 Å². The van der Waals surface area contributed by atoms with Crippen molar-refractivity contribution < 1.29 is 14.4 Å². The topological polar surface area (TPSA) is 113 Å². The van der Waals surface area contributed by atoms with E-state index in [1.54, 1.807) is 18.7 Å². The van der Waals surface area contributed by atoms with Gasteiger partial charge in [-0.15, -0.1) is 0 Å². The molecule has 0 bridgehead atoms. The van der Waals surface area contributed by atoms with Crippen molar-refractivity contribution in [1.29, 1.82) is 0 Å². The number of aromatic nitrogens is 2. The zero-order valence-electron chi connectivity index (χ0n) is 16.8. The van der Waals surface area contributed by atoms with Crippen molar-refractivity contribution in [3.8, 4) is 0 Å². The number of aryl methyl sites for hydroxylation is 1. The standard InChI is InChI=1S/C21H26N5O3/c1-14(2)8-9-24-20(28)18(26-21(29)17-12-22-10-11-23-17)13-25-19(27)16-6-4-15(3)5-7-16/h4-7,9-12,14,18H,8,13H2,1-3H3,(H,24,28)(H,25,27)(H,26,29)/t18-/m0/s1. The number of carbonyl (C=O) groups excluding carboxylic acids is 3. The first-order chi connectivity index (χ1) is 13.9. The summed E-state index contributed by atoms with van der Waals surface area (Å²) in [4.78, 5) is 45.0. The molecule has 1 atom stereocenters. The maximum atomic E-state index is 12.5. The van der Waals surface area contributed by atoms with E-state index in [0.717, 1.165) is 5.56 Å². The average molecular weight is 396 g/mol. The van der Waals surface area contributed by atoms with Crippen LogP contribution in [0.3, 0.4) is 0 Å². The third kappa shape index (κ3) is 7.33. The SMILES string of the molecule is Cc1ccc(C(=O)NC[C@H](NC(=O)c2cnccn2)C(=O)N[CH]CC(C)C)cc1. The van der Waals surface area contributed by atoms with Gasteiger partial charge in [-0.3, -0.25) is 19.4 Å². The number of carbonyl (C=O) groups is 3. The molecule has 0 aliphatic carbocycles. The van der Waals surface area contributed by atoms with E-state index < -0.39 is 17.9 Å². The lowest BCUT2D eigenvalue weighted by molar-refractivity contribution is -0.122. The lowest BCUT2D eigenvalue weighted by atomic mass is 10.1.